The minimum absolute atomic E-state index is 0.0164. The molecule has 1 amide bonds. The number of esters is 1. The van der Waals surface area contributed by atoms with E-state index in [9.17, 15) is 19.8 Å². The molecule has 0 saturated carbocycles. The van der Waals surface area contributed by atoms with Crippen molar-refractivity contribution in [3.8, 4) is 0 Å². The number of allylic oxidation sites excluding steroid dienone is 3. The fourth-order valence-electron chi connectivity index (χ4n) is 11.8. The van der Waals surface area contributed by atoms with Crippen LogP contribution in [0.2, 0.25) is 0 Å². The SMILES string of the molecule is CCCCCCCCCCCCCCCCCCCCCCCCC/C=C/C(O)C(CO)NC(=O)CCCCCCCCCCCC/C=C\CCCCCCCCCCCCCCOC(=O)CCCCCCCCCCCCCCC. The number of hydrogen-bond acceptors (Lipinski definition) is 5. The van der Waals surface area contributed by atoms with Gasteiger partial charge in [0, 0.05) is 12.8 Å². The van der Waals surface area contributed by atoms with E-state index in [0.29, 0.717) is 19.4 Å². The molecule has 480 valence electrons. The van der Waals surface area contributed by atoms with Crippen LogP contribution in [0, 0.1) is 0 Å². The van der Waals surface area contributed by atoms with Gasteiger partial charge in [-0.25, -0.2) is 0 Å². The molecule has 0 fully saturated rings. The van der Waals surface area contributed by atoms with Crippen molar-refractivity contribution in [1.29, 1.82) is 0 Å². The summed E-state index contributed by atoms with van der Waals surface area (Å²) < 4.78 is 5.49. The Hall–Kier alpha value is -1.66. The quantitative estimate of drug-likeness (QED) is 0.0320. The molecule has 0 radical (unpaired) electrons. The van der Waals surface area contributed by atoms with Crippen molar-refractivity contribution in [3.05, 3.63) is 24.3 Å². The van der Waals surface area contributed by atoms with Crippen LogP contribution in [-0.2, 0) is 14.3 Å². The number of amides is 1. The van der Waals surface area contributed by atoms with Crippen LogP contribution in [0.25, 0.3) is 0 Å². The molecule has 0 aliphatic rings. The third-order valence-electron chi connectivity index (χ3n) is 17.5. The lowest BCUT2D eigenvalue weighted by atomic mass is 10.0. The lowest BCUT2D eigenvalue weighted by molar-refractivity contribution is -0.143. The van der Waals surface area contributed by atoms with Gasteiger partial charge in [0.1, 0.15) is 0 Å². The van der Waals surface area contributed by atoms with Gasteiger partial charge < -0.3 is 20.3 Å². The molecule has 0 saturated heterocycles. The van der Waals surface area contributed by atoms with E-state index < -0.39 is 12.1 Å². The summed E-state index contributed by atoms with van der Waals surface area (Å²) in [6.45, 7) is 4.95. The Bertz CT molecular complexity index is 1270. The molecule has 6 nitrogen and oxygen atoms in total. The second-order valence-corrected chi connectivity index (χ2v) is 25.6. The Morgan fingerprint density at radius 2 is 0.580 bits per heavy atom. The number of aliphatic hydroxyl groups is 2. The summed E-state index contributed by atoms with van der Waals surface area (Å²) in [7, 11) is 0. The van der Waals surface area contributed by atoms with Crippen LogP contribution in [-0.4, -0.2) is 47.4 Å². The highest BCUT2D eigenvalue weighted by molar-refractivity contribution is 5.76. The van der Waals surface area contributed by atoms with Crippen LogP contribution in [0.5, 0.6) is 0 Å². The topological polar surface area (TPSA) is 95.9 Å². The van der Waals surface area contributed by atoms with E-state index in [0.717, 1.165) is 38.5 Å². The average molecular weight is 1140 g/mol. The van der Waals surface area contributed by atoms with Crippen LogP contribution in [0.1, 0.15) is 418 Å². The molecule has 2 unspecified atom stereocenters. The molecule has 0 aromatic rings. The lowest BCUT2D eigenvalue weighted by Gasteiger charge is -2.20. The predicted molar refractivity (Wildman–Crippen MR) is 356 cm³/mol. The van der Waals surface area contributed by atoms with Gasteiger partial charge >= 0.3 is 5.97 Å². The van der Waals surface area contributed by atoms with Crippen molar-refractivity contribution in [1.82, 2.24) is 5.32 Å². The molecule has 0 bridgehead atoms. The number of rotatable bonds is 70. The fourth-order valence-corrected chi connectivity index (χ4v) is 11.8. The van der Waals surface area contributed by atoms with Crippen LogP contribution < -0.4 is 5.32 Å². The predicted octanol–water partition coefficient (Wildman–Crippen LogP) is 24.1. The molecule has 81 heavy (non-hydrogen) atoms. The van der Waals surface area contributed by atoms with E-state index in [1.165, 1.54) is 353 Å². The zero-order valence-corrected chi connectivity index (χ0v) is 55.0. The molecular formula is C75H145NO5. The van der Waals surface area contributed by atoms with Gasteiger partial charge in [-0.1, -0.05) is 372 Å². The Morgan fingerprint density at radius 1 is 0.333 bits per heavy atom. The van der Waals surface area contributed by atoms with Crippen molar-refractivity contribution >= 4 is 11.9 Å². The van der Waals surface area contributed by atoms with E-state index in [2.05, 4.69) is 31.3 Å². The molecule has 0 aliphatic heterocycles. The maximum atomic E-state index is 12.5. The minimum atomic E-state index is -0.847. The lowest BCUT2D eigenvalue weighted by Crippen LogP contribution is -2.45. The normalized spacial score (nSPS) is 12.6. The fraction of sp³-hybridized carbons (Fsp3) is 0.920. The maximum Gasteiger partial charge on any atom is 0.305 e. The number of carbonyl (C=O) groups is 2. The van der Waals surface area contributed by atoms with Gasteiger partial charge in [0.15, 0.2) is 0 Å². The molecule has 3 N–H and O–H groups in total. The second-order valence-electron chi connectivity index (χ2n) is 25.6. The van der Waals surface area contributed by atoms with Gasteiger partial charge in [0.25, 0.3) is 0 Å². The first-order valence-corrected chi connectivity index (χ1v) is 37.1. The van der Waals surface area contributed by atoms with E-state index in [1.807, 2.05) is 6.08 Å². The van der Waals surface area contributed by atoms with Gasteiger partial charge in [-0.3, -0.25) is 9.59 Å². The smallest absolute Gasteiger partial charge is 0.305 e. The van der Waals surface area contributed by atoms with Crippen molar-refractivity contribution < 1.29 is 24.5 Å². The van der Waals surface area contributed by atoms with Crippen LogP contribution in [0.3, 0.4) is 0 Å². The summed E-state index contributed by atoms with van der Waals surface area (Å²) in [6.07, 6.45) is 89.9. The van der Waals surface area contributed by atoms with E-state index >= 15 is 0 Å². The molecule has 0 aromatic carbocycles. The number of aliphatic hydroxyl groups excluding tert-OH is 2. The average Bonchev–Trinajstić information content (AvgIpc) is 3.47. The first-order valence-electron chi connectivity index (χ1n) is 37.1. The summed E-state index contributed by atoms with van der Waals surface area (Å²) >= 11 is 0. The second kappa shape index (κ2) is 70.8. The monoisotopic (exact) mass is 1140 g/mol. The number of nitrogens with one attached hydrogen (secondary N) is 1. The van der Waals surface area contributed by atoms with Crippen molar-refractivity contribution in [3.63, 3.8) is 0 Å². The van der Waals surface area contributed by atoms with Crippen molar-refractivity contribution in [2.75, 3.05) is 13.2 Å². The van der Waals surface area contributed by atoms with Gasteiger partial charge in [0.2, 0.25) is 5.91 Å². The van der Waals surface area contributed by atoms with Crippen LogP contribution in [0.4, 0.5) is 0 Å². The molecule has 2 atom stereocenters. The summed E-state index contributed by atoms with van der Waals surface area (Å²) in [6, 6.07) is -0.631. The Kier molecular flexibility index (Phi) is 69.4. The molecule has 0 aliphatic carbocycles. The summed E-state index contributed by atoms with van der Waals surface area (Å²) in [5.74, 6) is -0.0485. The Morgan fingerprint density at radius 3 is 0.877 bits per heavy atom. The Balaban J connectivity index is 3.41. The highest BCUT2D eigenvalue weighted by Crippen LogP contribution is 2.19. The standard InChI is InChI=1S/C75H145NO5/c1-3-5-7-9-11-13-15-17-18-19-20-21-22-25-28-31-34-37-40-44-47-51-55-59-63-67-73(78)72(71-77)76-74(79)68-64-60-56-52-48-45-41-38-35-32-29-26-23-24-27-30-33-36-39-42-46-50-54-58-62-66-70-81-75(80)69-65-61-57-53-49-43-16-14-12-10-8-6-4-2/h23,26,63,67,72-73,77-78H,3-22,24-25,27-62,64-66,68-71H2,1-2H3,(H,76,79)/b26-23-,67-63+. The summed E-state index contributed by atoms with van der Waals surface area (Å²) in [5, 5.41) is 23.3. The Labute approximate surface area is 507 Å². The number of carbonyl (C=O) groups excluding carboxylic acids is 2. The first-order chi connectivity index (χ1) is 40.0. The number of ether oxygens (including phenoxy) is 1. The highest BCUT2D eigenvalue weighted by atomic mass is 16.5. The molecule has 0 heterocycles. The van der Waals surface area contributed by atoms with Crippen LogP contribution in [0.15, 0.2) is 24.3 Å². The van der Waals surface area contributed by atoms with E-state index in [1.54, 1.807) is 6.08 Å². The minimum Gasteiger partial charge on any atom is -0.466 e. The third-order valence-corrected chi connectivity index (χ3v) is 17.5. The van der Waals surface area contributed by atoms with Gasteiger partial charge in [-0.15, -0.1) is 0 Å². The van der Waals surface area contributed by atoms with Crippen molar-refractivity contribution in [2.45, 2.75) is 431 Å². The highest BCUT2D eigenvalue weighted by Gasteiger charge is 2.18. The van der Waals surface area contributed by atoms with Gasteiger partial charge in [-0.05, 0) is 57.8 Å². The number of hydrogen-bond donors (Lipinski definition) is 3. The van der Waals surface area contributed by atoms with Gasteiger partial charge in [-0.2, -0.15) is 0 Å². The molecular weight excluding hydrogens is 995 g/mol. The first kappa shape index (κ1) is 79.3. The van der Waals surface area contributed by atoms with Gasteiger partial charge in [0.05, 0.1) is 25.4 Å². The zero-order valence-electron chi connectivity index (χ0n) is 55.0. The molecule has 0 spiro atoms. The largest absolute Gasteiger partial charge is 0.466 e. The third kappa shape index (κ3) is 67.3. The maximum absolute atomic E-state index is 12.5. The van der Waals surface area contributed by atoms with Crippen molar-refractivity contribution in [2.24, 2.45) is 0 Å². The molecule has 6 heteroatoms. The molecule has 0 rings (SSSR count). The number of unbranched alkanes of at least 4 members (excludes halogenated alkanes) is 57. The summed E-state index contributed by atoms with van der Waals surface area (Å²) in [4.78, 5) is 24.6. The molecule has 0 aromatic heterocycles. The van der Waals surface area contributed by atoms with E-state index in [-0.39, 0.29) is 18.5 Å². The van der Waals surface area contributed by atoms with E-state index in [4.69, 9.17) is 4.74 Å². The zero-order chi connectivity index (χ0) is 58.5. The summed E-state index contributed by atoms with van der Waals surface area (Å²) in [5.41, 5.74) is 0. The van der Waals surface area contributed by atoms with Crippen LogP contribution >= 0.6 is 0 Å².